The number of aromatic nitrogens is 3. The molecule has 33 heavy (non-hydrogen) atoms. The fraction of sp³-hybridized carbons (Fsp3) is 0.364. The number of rotatable bonds is 5. The molecule has 0 bridgehead atoms. The van der Waals surface area contributed by atoms with Crippen LogP contribution >= 0.6 is 23.1 Å². The summed E-state index contributed by atoms with van der Waals surface area (Å²) in [7, 11) is 1.86. The lowest BCUT2D eigenvalue weighted by Gasteiger charge is -2.34. The predicted molar refractivity (Wildman–Crippen MR) is 124 cm³/mol. The van der Waals surface area contributed by atoms with Crippen LogP contribution in [0.2, 0.25) is 0 Å². The van der Waals surface area contributed by atoms with Gasteiger partial charge in [-0.15, -0.1) is 21.5 Å². The lowest BCUT2D eigenvalue weighted by molar-refractivity contribution is -0.129. The number of para-hydroxylation sites is 2. The van der Waals surface area contributed by atoms with Crippen LogP contribution in [0.25, 0.3) is 0 Å². The highest BCUT2D eigenvalue weighted by Crippen LogP contribution is 2.35. The van der Waals surface area contributed by atoms with E-state index in [0.29, 0.717) is 55.3 Å². The monoisotopic (exact) mass is 485 g/mol. The molecule has 0 N–H and O–H groups in total. The van der Waals surface area contributed by atoms with E-state index in [9.17, 15) is 9.59 Å². The number of ether oxygens (including phenoxy) is 2. The highest BCUT2D eigenvalue weighted by molar-refractivity contribution is 7.99. The molecule has 0 aliphatic carbocycles. The molecule has 1 aromatic carbocycles. The fourth-order valence-electron chi connectivity index (χ4n) is 3.81. The number of hydrogen-bond acceptors (Lipinski definition) is 8. The first-order valence-corrected chi connectivity index (χ1v) is 12.5. The van der Waals surface area contributed by atoms with Crippen molar-refractivity contribution in [1.82, 2.24) is 24.6 Å². The van der Waals surface area contributed by atoms with Crippen LogP contribution in [0.5, 0.6) is 11.5 Å². The van der Waals surface area contributed by atoms with Crippen molar-refractivity contribution in [1.29, 1.82) is 0 Å². The molecule has 0 spiro atoms. The summed E-state index contributed by atoms with van der Waals surface area (Å²) in [4.78, 5) is 29.6. The summed E-state index contributed by atoms with van der Waals surface area (Å²) >= 11 is 2.79. The number of amides is 2. The minimum absolute atomic E-state index is 0.0268. The van der Waals surface area contributed by atoms with Crippen molar-refractivity contribution in [2.24, 2.45) is 7.05 Å². The highest BCUT2D eigenvalue weighted by atomic mass is 32.2. The summed E-state index contributed by atoms with van der Waals surface area (Å²) in [5.74, 6) is 2.37. The lowest BCUT2D eigenvalue weighted by Crippen LogP contribution is -2.51. The summed E-state index contributed by atoms with van der Waals surface area (Å²) in [6, 6.07) is 11.2. The van der Waals surface area contributed by atoms with Crippen LogP contribution in [0.1, 0.15) is 21.6 Å². The van der Waals surface area contributed by atoms with E-state index in [1.165, 1.54) is 23.1 Å². The summed E-state index contributed by atoms with van der Waals surface area (Å²) < 4.78 is 13.6. The van der Waals surface area contributed by atoms with E-state index in [4.69, 9.17) is 9.47 Å². The van der Waals surface area contributed by atoms with Crippen molar-refractivity contribution >= 4 is 34.9 Å². The highest BCUT2D eigenvalue weighted by Gasteiger charge is 2.29. The van der Waals surface area contributed by atoms with Crippen LogP contribution in [-0.2, 0) is 11.8 Å². The minimum atomic E-state index is -0.364. The Hall–Kier alpha value is -3.05. The molecule has 4 heterocycles. The van der Waals surface area contributed by atoms with E-state index >= 15 is 0 Å². The lowest BCUT2D eigenvalue weighted by atomic mass is 10.2. The second kappa shape index (κ2) is 9.44. The first-order valence-electron chi connectivity index (χ1n) is 10.6. The van der Waals surface area contributed by atoms with Crippen molar-refractivity contribution in [2.75, 3.05) is 38.5 Å². The second-order valence-corrected chi connectivity index (χ2v) is 9.59. The van der Waals surface area contributed by atoms with E-state index in [2.05, 4.69) is 10.2 Å². The van der Waals surface area contributed by atoms with Gasteiger partial charge in [-0.05, 0) is 23.6 Å². The summed E-state index contributed by atoms with van der Waals surface area (Å²) in [5.41, 5.74) is 0. The van der Waals surface area contributed by atoms with Crippen molar-refractivity contribution in [3.63, 3.8) is 0 Å². The zero-order chi connectivity index (χ0) is 22.8. The van der Waals surface area contributed by atoms with Gasteiger partial charge in [-0.25, -0.2) is 0 Å². The van der Waals surface area contributed by atoms with E-state index in [0.717, 1.165) is 4.88 Å². The number of thioether (sulfide) groups is 1. The van der Waals surface area contributed by atoms with Gasteiger partial charge in [0.15, 0.2) is 28.6 Å². The Morgan fingerprint density at radius 2 is 1.82 bits per heavy atom. The third-order valence-corrected chi connectivity index (χ3v) is 7.50. The molecular weight excluding hydrogens is 462 g/mol. The van der Waals surface area contributed by atoms with Gasteiger partial charge in [0.25, 0.3) is 5.91 Å². The number of nitrogens with zero attached hydrogens (tertiary/aromatic N) is 5. The predicted octanol–water partition coefficient (Wildman–Crippen LogP) is 2.47. The van der Waals surface area contributed by atoms with Gasteiger partial charge in [-0.3, -0.25) is 9.59 Å². The average molecular weight is 486 g/mol. The Balaban J connectivity index is 1.14. The smallest absolute Gasteiger partial charge is 0.264 e. The number of carbonyl (C=O) groups is 2. The Labute approximate surface area is 199 Å². The molecule has 1 saturated heterocycles. The van der Waals surface area contributed by atoms with Crippen LogP contribution in [0.15, 0.2) is 46.9 Å². The van der Waals surface area contributed by atoms with E-state index in [-0.39, 0.29) is 23.7 Å². The number of piperazine rings is 1. The number of carbonyl (C=O) groups excluding carboxylic acids is 2. The zero-order valence-corrected chi connectivity index (χ0v) is 19.7. The molecular formula is C22H23N5O4S2. The molecule has 2 aliphatic rings. The maximum Gasteiger partial charge on any atom is 0.264 e. The van der Waals surface area contributed by atoms with Gasteiger partial charge in [0.2, 0.25) is 5.91 Å². The van der Waals surface area contributed by atoms with Crippen molar-refractivity contribution in [3.8, 4) is 11.5 Å². The third-order valence-electron chi connectivity index (χ3n) is 5.64. The number of fused-ring (bicyclic) bond motifs is 1. The Bertz CT molecular complexity index is 1140. The first-order chi connectivity index (χ1) is 16.1. The Kier molecular flexibility index (Phi) is 6.23. The normalized spacial score (nSPS) is 17.8. The number of thiophene rings is 1. The van der Waals surface area contributed by atoms with Gasteiger partial charge < -0.3 is 23.8 Å². The van der Waals surface area contributed by atoms with E-state index in [1.54, 1.807) is 4.90 Å². The minimum Gasteiger partial charge on any atom is -0.485 e. The standard InChI is InChI=1S/C22H23N5O4S2/c1-25-20(17-13-30-15-5-2-3-6-16(15)31-17)23-24-22(25)33-14-19(28)26-8-10-27(11-9-26)21(29)18-7-4-12-32-18/h2-7,12,17H,8-11,13-14H2,1H3/t17-/m1/s1. The van der Waals surface area contributed by atoms with E-state index in [1.807, 2.05) is 58.3 Å². The SMILES string of the molecule is Cn1c(SCC(=O)N2CCN(C(=O)c3cccs3)CC2)nnc1[C@H]1COc2ccccc2O1. The zero-order valence-electron chi connectivity index (χ0n) is 18.0. The molecule has 0 unspecified atom stereocenters. The average Bonchev–Trinajstić information content (AvgIpc) is 3.52. The number of benzene rings is 1. The quantitative estimate of drug-likeness (QED) is 0.513. The second-order valence-electron chi connectivity index (χ2n) is 7.70. The molecule has 2 aromatic heterocycles. The molecule has 3 aromatic rings. The largest absolute Gasteiger partial charge is 0.485 e. The maximum absolute atomic E-state index is 12.7. The van der Waals surface area contributed by atoms with Crippen LogP contribution in [0.4, 0.5) is 0 Å². The van der Waals surface area contributed by atoms with E-state index < -0.39 is 0 Å². The molecule has 11 heteroatoms. The molecule has 1 atom stereocenters. The first kappa shape index (κ1) is 21.8. The van der Waals surface area contributed by atoms with Gasteiger partial charge in [0.05, 0.1) is 10.6 Å². The van der Waals surface area contributed by atoms with Gasteiger partial charge in [-0.2, -0.15) is 0 Å². The topological polar surface area (TPSA) is 89.8 Å². The summed E-state index contributed by atoms with van der Waals surface area (Å²) in [6.07, 6.45) is -0.364. The molecule has 0 radical (unpaired) electrons. The summed E-state index contributed by atoms with van der Waals surface area (Å²) in [5, 5.41) is 11.1. The van der Waals surface area contributed by atoms with Crippen molar-refractivity contribution < 1.29 is 19.1 Å². The number of hydrogen-bond donors (Lipinski definition) is 0. The van der Waals surface area contributed by atoms with Crippen LogP contribution in [0, 0.1) is 0 Å². The van der Waals surface area contributed by atoms with Crippen LogP contribution in [0.3, 0.4) is 0 Å². The fourth-order valence-corrected chi connectivity index (χ4v) is 5.32. The van der Waals surface area contributed by atoms with Gasteiger partial charge in [-0.1, -0.05) is 30.0 Å². The van der Waals surface area contributed by atoms with Gasteiger partial charge in [0.1, 0.15) is 6.61 Å². The molecule has 0 saturated carbocycles. The molecule has 9 nitrogen and oxygen atoms in total. The summed E-state index contributed by atoms with van der Waals surface area (Å²) in [6.45, 7) is 2.50. The molecule has 5 rings (SSSR count). The molecule has 172 valence electrons. The molecule has 2 aliphatic heterocycles. The maximum atomic E-state index is 12.7. The molecule has 2 amide bonds. The van der Waals surface area contributed by atoms with Gasteiger partial charge >= 0.3 is 0 Å². The Morgan fingerprint density at radius 1 is 1.06 bits per heavy atom. The Morgan fingerprint density at radius 3 is 2.58 bits per heavy atom. The van der Waals surface area contributed by atoms with Crippen molar-refractivity contribution in [3.05, 3.63) is 52.5 Å². The third kappa shape index (κ3) is 4.55. The van der Waals surface area contributed by atoms with Gasteiger partial charge in [0, 0.05) is 33.2 Å². The van der Waals surface area contributed by atoms with Crippen LogP contribution < -0.4 is 9.47 Å². The van der Waals surface area contributed by atoms with Crippen LogP contribution in [-0.4, -0.2) is 74.9 Å². The van der Waals surface area contributed by atoms with Crippen molar-refractivity contribution in [2.45, 2.75) is 11.3 Å². The molecule has 1 fully saturated rings.